The summed E-state index contributed by atoms with van der Waals surface area (Å²) in [5.74, 6) is -0.275. The molecule has 114 valence electrons. The van der Waals surface area contributed by atoms with Gasteiger partial charge in [-0.1, -0.05) is 0 Å². The first-order chi connectivity index (χ1) is 9.20. The highest BCUT2D eigenvalue weighted by molar-refractivity contribution is 5.85. The summed E-state index contributed by atoms with van der Waals surface area (Å²) in [6, 6.07) is 0. The molecule has 6 heteroatoms. The number of rotatable bonds is 4. The summed E-state index contributed by atoms with van der Waals surface area (Å²) in [5.41, 5.74) is -1.84. The van der Waals surface area contributed by atoms with Gasteiger partial charge >= 0.3 is 12.1 Å². The lowest BCUT2D eigenvalue weighted by Gasteiger charge is -2.28. The van der Waals surface area contributed by atoms with Gasteiger partial charge in [-0.25, -0.2) is 9.59 Å². The maximum Gasteiger partial charge on any atom is 0.408 e. The second kappa shape index (κ2) is 5.24. The van der Waals surface area contributed by atoms with Crippen molar-refractivity contribution in [2.24, 2.45) is 5.92 Å². The Kier molecular flexibility index (Phi) is 3.95. The van der Waals surface area contributed by atoms with E-state index in [2.05, 4.69) is 10.2 Å². The van der Waals surface area contributed by atoms with E-state index in [0.717, 1.165) is 6.54 Å². The highest BCUT2D eigenvalue weighted by atomic mass is 16.6. The van der Waals surface area contributed by atoms with Crippen molar-refractivity contribution in [1.82, 2.24) is 10.2 Å². The third-order valence-electron chi connectivity index (χ3n) is 3.71. The third kappa shape index (κ3) is 3.85. The summed E-state index contributed by atoms with van der Waals surface area (Å²) in [5, 5.41) is 12.1. The molecular weight excluding hydrogens is 260 g/mol. The lowest BCUT2D eigenvalue weighted by molar-refractivity contribution is -0.144. The zero-order valence-electron chi connectivity index (χ0n) is 12.4. The number of amides is 1. The van der Waals surface area contributed by atoms with Crippen molar-refractivity contribution in [3.63, 3.8) is 0 Å². The largest absolute Gasteiger partial charge is 0.479 e. The van der Waals surface area contributed by atoms with Gasteiger partial charge < -0.3 is 20.1 Å². The Bertz CT molecular complexity index is 400. The summed E-state index contributed by atoms with van der Waals surface area (Å²) in [6.07, 6.45) is 2.23. The van der Waals surface area contributed by atoms with Crippen LogP contribution >= 0.6 is 0 Å². The molecule has 0 aromatic heterocycles. The van der Waals surface area contributed by atoms with Gasteiger partial charge in [0, 0.05) is 19.6 Å². The number of hydrogen-bond acceptors (Lipinski definition) is 4. The number of carbonyl (C=O) groups is 2. The van der Waals surface area contributed by atoms with Crippen LogP contribution in [0.3, 0.4) is 0 Å². The van der Waals surface area contributed by atoms with Crippen LogP contribution in [0.4, 0.5) is 4.79 Å². The maximum absolute atomic E-state index is 11.9. The molecular formula is C14H24N2O4. The van der Waals surface area contributed by atoms with Crippen LogP contribution in [-0.4, -0.2) is 52.8 Å². The van der Waals surface area contributed by atoms with Crippen LogP contribution in [0, 0.1) is 5.92 Å². The fourth-order valence-electron chi connectivity index (χ4n) is 2.54. The van der Waals surface area contributed by atoms with Crippen LogP contribution in [0.15, 0.2) is 0 Å². The number of carboxylic acids is 1. The lowest BCUT2D eigenvalue weighted by Crippen LogP contribution is -2.57. The van der Waals surface area contributed by atoms with Crippen molar-refractivity contribution in [2.45, 2.75) is 51.2 Å². The van der Waals surface area contributed by atoms with Crippen molar-refractivity contribution in [1.29, 1.82) is 0 Å². The number of ether oxygens (including phenoxy) is 1. The SMILES string of the molecule is CC(C)(C)OC(=O)NC1(C(=O)O)CCN(CC2CC2)C1. The monoisotopic (exact) mass is 284 g/mol. The normalized spacial score (nSPS) is 27.4. The van der Waals surface area contributed by atoms with E-state index in [0.29, 0.717) is 25.4 Å². The molecule has 20 heavy (non-hydrogen) atoms. The summed E-state index contributed by atoms with van der Waals surface area (Å²) in [7, 11) is 0. The molecule has 1 aliphatic carbocycles. The quantitative estimate of drug-likeness (QED) is 0.817. The van der Waals surface area contributed by atoms with Crippen LogP contribution in [0.5, 0.6) is 0 Å². The van der Waals surface area contributed by atoms with E-state index in [1.54, 1.807) is 20.8 Å². The van der Waals surface area contributed by atoms with Crippen molar-refractivity contribution in [3.8, 4) is 0 Å². The van der Waals surface area contributed by atoms with Gasteiger partial charge in [-0.2, -0.15) is 0 Å². The van der Waals surface area contributed by atoms with Crippen LogP contribution in [0.2, 0.25) is 0 Å². The molecule has 1 aliphatic heterocycles. The average Bonchev–Trinajstić information content (AvgIpc) is 2.97. The Morgan fingerprint density at radius 2 is 2.05 bits per heavy atom. The van der Waals surface area contributed by atoms with E-state index >= 15 is 0 Å². The molecule has 1 saturated heterocycles. The molecule has 1 atom stereocenters. The van der Waals surface area contributed by atoms with Gasteiger partial charge in [0.1, 0.15) is 5.60 Å². The number of carboxylic acid groups (broad SMARTS) is 1. The van der Waals surface area contributed by atoms with Gasteiger partial charge in [0.25, 0.3) is 0 Å². The van der Waals surface area contributed by atoms with E-state index < -0.39 is 23.2 Å². The zero-order valence-corrected chi connectivity index (χ0v) is 12.4. The molecule has 2 aliphatic rings. The lowest BCUT2D eigenvalue weighted by atomic mass is 9.99. The maximum atomic E-state index is 11.9. The van der Waals surface area contributed by atoms with Gasteiger partial charge in [0.2, 0.25) is 0 Å². The van der Waals surface area contributed by atoms with E-state index in [1.165, 1.54) is 12.8 Å². The molecule has 0 bridgehead atoms. The Morgan fingerprint density at radius 3 is 2.55 bits per heavy atom. The van der Waals surface area contributed by atoms with E-state index in [4.69, 9.17) is 4.74 Å². The standard InChI is InChI=1S/C14H24N2O4/c1-13(2,3)20-12(19)15-14(11(17)18)6-7-16(9-14)8-10-4-5-10/h10H,4-9H2,1-3H3,(H,15,19)(H,17,18). The van der Waals surface area contributed by atoms with Crippen molar-refractivity contribution in [2.75, 3.05) is 19.6 Å². The molecule has 1 saturated carbocycles. The molecule has 1 unspecified atom stereocenters. The number of alkyl carbamates (subject to hydrolysis) is 1. The number of nitrogens with one attached hydrogen (secondary N) is 1. The van der Waals surface area contributed by atoms with Crippen molar-refractivity contribution < 1.29 is 19.4 Å². The van der Waals surface area contributed by atoms with Crippen molar-refractivity contribution >= 4 is 12.1 Å². The van der Waals surface area contributed by atoms with Gasteiger partial charge in [0.05, 0.1) is 0 Å². The molecule has 1 heterocycles. The van der Waals surface area contributed by atoms with E-state index in [-0.39, 0.29) is 0 Å². The Balaban J connectivity index is 1.96. The van der Waals surface area contributed by atoms with Gasteiger partial charge in [-0.15, -0.1) is 0 Å². The van der Waals surface area contributed by atoms with Crippen LogP contribution in [-0.2, 0) is 9.53 Å². The highest BCUT2D eigenvalue weighted by Gasteiger charge is 2.47. The Hall–Kier alpha value is -1.30. The second-order valence-electron chi connectivity index (χ2n) is 6.94. The minimum Gasteiger partial charge on any atom is -0.479 e. The first-order valence-electron chi connectivity index (χ1n) is 7.17. The number of likely N-dealkylation sites (tertiary alicyclic amines) is 1. The van der Waals surface area contributed by atoms with E-state index in [1.807, 2.05) is 0 Å². The molecule has 0 radical (unpaired) electrons. The summed E-state index contributed by atoms with van der Waals surface area (Å²) < 4.78 is 5.17. The van der Waals surface area contributed by atoms with Gasteiger partial charge in [-0.05, 0) is 46.0 Å². The predicted molar refractivity (Wildman–Crippen MR) is 73.5 cm³/mol. The number of carbonyl (C=O) groups excluding carboxylic acids is 1. The summed E-state index contributed by atoms with van der Waals surface area (Å²) in [4.78, 5) is 25.6. The minimum atomic E-state index is -1.21. The van der Waals surface area contributed by atoms with Gasteiger partial charge in [-0.3, -0.25) is 0 Å². The third-order valence-corrected chi connectivity index (χ3v) is 3.71. The van der Waals surface area contributed by atoms with Crippen molar-refractivity contribution in [3.05, 3.63) is 0 Å². The minimum absolute atomic E-state index is 0.359. The first kappa shape index (κ1) is 15.1. The molecule has 0 aromatic carbocycles. The smallest absolute Gasteiger partial charge is 0.408 e. The van der Waals surface area contributed by atoms with Crippen LogP contribution in [0.25, 0.3) is 0 Å². The second-order valence-corrected chi connectivity index (χ2v) is 6.94. The molecule has 0 spiro atoms. The first-order valence-corrected chi connectivity index (χ1v) is 7.17. The fourth-order valence-corrected chi connectivity index (χ4v) is 2.54. The topological polar surface area (TPSA) is 78.9 Å². The zero-order chi connectivity index (χ0) is 15.0. The molecule has 2 rings (SSSR count). The van der Waals surface area contributed by atoms with E-state index in [9.17, 15) is 14.7 Å². The molecule has 1 amide bonds. The number of hydrogen-bond donors (Lipinski definition) is 2. The summed E-state index contributed by atoms with van der Waals surface area (Å²) in [6.45, 7) is 7.28. The average molecular weight is 284 g/mol. The summed E-state index contributed by atoms with van der Waals surface area (Å²) >= 11 is 0. The van der Waals surface area contributed by atoms with Crippen LogP contribution in [0.1, 0.15) is 40.0 Å². The molecule has 2 N–H and O–H groups in total. The number of aliphatic carboxylic acids is 1. The molecule has 6 nitrogen and oxygen atoms in total. The fraction of sp³-hybridized carbons (Fsp3) is 0.857. The molecule has 0 aromatic rings. The van der Waals surface area contributed by atoms with Crippen LogP contribution < -0.4 is 5.32 Å². The Morgan fingerprint density at radius 1 is 1.40 bits per heavy atom. The number of nitrogens with zero attached hydrogens (tertiary/aromatic N) is 1. The highest BCUT2D eigenvalue weighted by Crippen LogP contribution is 2.32. The Labute approximate surface area is 119 Å². The predicted octanol–water partition coefficient (Wildman–Crippen LogP) is 1.45. The van der Waals surface area contributed by atoms with Gasteiger partial charge in [0.15, 0.2) is 5.54 Å². The molecule has 2 fully saturated rings.